The Bertz CT molecular complexity index is 777. The van der Waals surface area contributed by atoms with E-state index in [1.165, 1.54) is 23.1 Å². The van der Waals surface area contributed by atoms with Crippen LogP contribution in [0.1, 0.15) is 17.4 Å². The predicted molar refractivity (Wildman–Crippen MR) is 93.0 cm³/mol. The van der Waals surface area contributed by atoms with Gasteiger partial charge in [0.15, 0.2) is 5.16 Å². The number of nitrogens with zero attached hydrogens (tertiary/aromatic N) is 2. The van der Waals surface area contributed by atoms with Crippen LogP contribution < -0.4 is 10.9 Å². The Morgan fingerprint density at radius 2 is 2.23 bits per heavy atom. The van der Waals surface area contributed by atoms with Gasteiger partial charge in [-0.15, -0.1) is 17.9 Å². The molecule has 7 heteroatoms. The minimum atomic E-state index is -0.0647. The number of aryl methyl sites for hydroxylation is 2. The van der Waals surface area contributed by atoms with Crippen LogP contribution in [0.3, 0.4) is 0 Å². The van der Waals surface area contributed by atoms with Gasteiger partial charge in [-0.25, -0.2) is 4.98 Å². The largest absolute Gasteiger partial charge is 0.356 e. The number of amides is 1. The van der Waals surface area contributed by atoms with Gasteiger partial charge in [0.1, 0.15) is 4.83 Å². The van der Waals surface area contributed by atoms with Crippen molar-refractivity contribution < 1.29 is 4.79 Å². The van der Waals surface area contributed by atoms with E-state index in [2.05, 4.69) is 16.9 Å². The fourth-order valence-corrected chi connectivity index (χ4v) is 4.00. The van der Waals surface area contributed by atoms with Gasteiger partial charge in [0.05, 0.1) is 11.1 Å². The summed E-state index contributed by atoms with van der Waals surface area (Å²) in [6.07, 6.45) is 1.67. The van der Waals surface area contributed by atoms with Gasteiger partial charge >= 0.3 is 0 Å². The van der Waals surface area contributed by atoms with Gasteiger partial charge in [0.2, 0.25) is 5.91 Å². The summed E-state index contributed by atoms with van der Waals surface area (Å²) in [5.41, 5.74) is 0.917. The highest BCUT2D eigenvalue weighted by Gasteiger charge is 2.16. The standard InChI is InChI=1S/C15H19N3O2S2/c1-5-7-18-14(20)12-9(3)10(4)22-13(12)17-15(18)21-8-11(19)16-6-2/h5H,1,6-8H2,2-4H3,(H,16,19). The molecule has 2 aromatic rings. The minimum Gasteiger partial charge on any atom is -0.356 e. The normalized spacial score (nSPS) is 10.9. The lowest BCUT2D eigenvalue weighted by molar-refractivity contribution is -0.118. The lowest BCUT2D eigenvalue weighted by Crippen LogP contribution is -2.26. The van der Waals surface area contributed by atoms with Crippen molar-refractivity contribution in [2.24, 2.45) is 0 Å². The first-order chi connectivity index (χ1) is 10.5. The molecule has 0 saturated heterocycles. The Labute approximate surface area is 137 Å². The molecule has 2 aromatic heterocycles. The van der Waals surface area contributed by atoms with Crippen molar-refractivity contribution in [1.29, 1.82) is 0 Å². The first-order valence-corrected chi connectivity index (χ1v) is 8.80. The summed E-state index contributed by atoms with van der Waals surface area (Å²) in [7, 11) is 0. The maximum atomic E-state index is 12.7. The molecule has 5 nitrogen and oxygen atoms in total. The van der Waals surface area contributed by atoms with Gasteiger partial charge < -0.3 is 5.32 Å². The number of aromatic nitrogens is 2. The van der Waals surface area contributed by atoms with Crippen molar-refractivity contribution in [3.63, 3.8) is 0 Å². The van der Waals surface area contributed by atoms with E-state index in [1.54, 1.807) is 10.6 Å². The molecule has 2 heterocycles. The molecule has 0 spiro atoms. The van der Waals surface area contributed by atoms with Gasteiger partial charge in [-0.1, -0.05) is 17.8 Å². The minimum absolute atomic E-state index is 0.0643. The monoisotopic (exact) mass is 337 g/mol. The molecule has 1 amide bonds. The van der Waals surface area contributed by atoms with Crippen LogP contribution in [0.25, 0.3) is 10.2 Å². The zero-order chi connectivity index (χ0) is 16.3. The van der Waals surface area contributed by atoms with E-state index in [0.717, 1.165) is 15.3 Å². The molecule has 0 atom stereocenters. The number of hydrogen-bond donors (Lipinski definition) is 1. The molecule has 0 unspecified atom stereocenters. The Hall–Kier alpha value is -1.60. The molecule has 118 valence electrons. The Morgan fingerprint density at radius 3 is 2.86 bits per heavy atom. The van der Waals surface area contributed by atoms with E-state index in [9.17, 15) is 9.59 Å². The van der Waals surface area contributed by atoms with Crippen molar-refractivity contribution in [2.75, 3.05) is 12.3 Å². The third kappa shape index (κ3) is 3.25. The van der Waals surface area contributed by atoms with E-state index < -0.39 is 0 Å². The highest BCUT2D eigenvalue weighted by atomic mass is 32.2. The Morgan fingerprint density at radius 1 is 1.50 bits per heavy atom. The second kappa shape index (κ2) is 7.11. The Balaban J connectivity index is 2.48. The SMILES string of the molecule is C=CCn1c(SCC(=O)NCC)nc2sc(C)c(C)c2c1=O. The number of thiophene rings is 1. The van der Waals surface area contributed by atoms with E-state index in [-0.39, 0.29) is 17.2 Å². The number of fused-ring (bicyclic) bond motifs is 1. The van der Waals surface area contributed by atoms with Crippen molar-refractivity contribution in [1.82, 2.24) is 14.9 Å². The summed E-state index contributed by atoms with van der Waals surface area (Å²) in [4.78, 5) is 30.8. The maximum Gasteiger partial charge on any atom is 0.263 e. The zero-order valence-electron chi connectivity index (χ0n) is 12.9. The lowest BCUT2D eigenvalue weighted by Gasteiger charge is -2.10. The average Bonchev–Trinajstić information content (AvgIpc) is 2.76. The van der Waals surface area contributed by atoms with Crippen LogP contribution in [0.2, 0.25) is 0 Å². The van der Waals surface area contributed by atoms with Crippen LogP contribution in [0.4, 0.5) is 0 Å². The quantitative estimate of drug-likeness (QED) is 0.500. The molecule has 0 aliphatic carbocycles. The van der Waals surface area contributed by atoms with Crippen LogP contribution in [-0.2, 0) is 11.3 Å². The molecule has 0 aliphatic rings. The number of carbonyl (C=O) groups is 1. The first-order valence-electron chi connectivity index (χ1n) is 7.00. The highest BCUT2D eigenvalue weighted by molar-refractivity contribution is 7.99. The molecular weight excluding hydrogens is 318 g/mol. The zero-order valence-corrected chi connectivity index (χ0v) is 14.6. The van der Waals surface area contributed by atoms with E-state index in [4.69, 9.17) is 0 Å². The number of carbonyl (C=O) groups excluding carboxylic acids is 1. The van der Waals surface area contributed by atoms with Crippen LogP contribution in [0, 0.1) is 13.8 Å². The molecule has 2 rings (SSSR count). The topological polar surface area (TPSA) is 64.0 Å². The number of thioether (sulfide) groups is 1. The number of allylic oxidation sites excluding steroid dienone is 1. The fraction of sp³-hybridized carbons (Fsp3) is 0.400. The van der Waals surface area contributed by atoms with E-state index in [1.807, 2.05) is 20.8 Å². The van der Waals surface area contributed by atoms with E-state index >= 15 is 0 Å². The molecule has 22 heavy (non-hydrogen) atoms. The highest BCUT2D eigenvalue weighted by Crippen LogP contribution is 2.28. The van der Waals surface area contributed by atoms with Gasteiger partial charge in [0, 0.05) is 18.0 Å². The summed E-state index contributed by atoms with van der Waals surface area (Å²) < 4.78 is 1.58. The predicted octanol–water partition coefficient (Wildman–Crippen LogP) is 2.49. The lowest BCUT2D eigenvalue weighted by atomic mass is 10.2. The molecule has 0 radical (unpaired) electrons. The summed E-state index contributed by atoms with van der Waals surface area (Å²) in [5.74, 6) is 0.178. The molecule has 0 aliphatic heterocycles. The van der Waals surface area contributed by atoms with Crippen LogP contribution >= 0.6 is 23.1 Å². The second-order valence-corrected chi connectivity index (χ2v) is 6.95. The van der Waals surface area contributed by atoms with Crippen molar-refractivity contribution in [3.8, 4) is 0 Å². The molecule has 0 bridgehead atoms. The number of nitrogens with one attached hydrogen (secondary N) is 1. The first kappa shape index (κ1) is 16.8. The van der Waals surface area contributed by atoms with Gasteiger partial charge in [-0.2, -0.15) is 0 Å². The molecule has 0 fully saturated rings. The van der Waals surface area contributed by atoms with Crippen molar-refractivity contribution in [3.05, 3.63) is 33.4 Å². The average molecular weight is 337 g/mol. The summed E-state index contributed by atoms with van der Waals surface area (Å²) in [6.45, 7) is 10.5. The molecule has 1 N–H and O–H groups in total. The maximum absolute atomic E-state index is 12.7. The fourth-order valence-electron chi connectivity index (χ4n) is 2.09. The van der Waals surface area contributed by atoms with E-state index in [0.29, 0.717) is 23.6 Å². The van der Waals surface area contributed by atoms with Gasteiger partial charge in [-0.3, -0.25) is 14.2 Å². The third-order valence-electron chi connectivity index (χ3n) is 3.27. The third-order valence-corrected chi connectivity index (χ3v) is 5.35. The van der Waals surface area contributed by atoms with Gasteiger partial charge in [-0.05, 0) is 26.3 Å². The number of rotatable bonds is 6. The van der Waals surface area contributed by atoms with Crippen LogP contribution in [0.15, 0.2) is 22.6 Å². The van der Waals surface area contributed by atoms with Crippen LogP contribution in [0.5, 0.6) is 0 Å². The second-order valence-electron chi connectivity index (χ2n) is 4.80. The summed E-state index contributed by atoms with van der Waals surface area (Å²) >= 11 is 2.79. The van der Waals surface area contributed by atoms with Gasteiger partial charge in [0.25, 0.3) is 5.56 Å². The van der Waals surface area contributed by atoms with Crippen LogP contribution in [-0.4, -0.2) is 27.8 Å². The summed E-state index contributed by atoms with van der Waals surface area (Å²) in [5, 5.41) is 3.97. The number of hydrogen-bond acceptors (Lipinski definition) is 5. The van der Waals surface area contributed by atoms with Crippen molar-refractivity contribution >= 4 is 39.2 Å². The molecular formula is C15H19N3O2S2. The smallest absolute Gasteiger partial charge is 0.263 e. The molecule has 0 aromatic carbocycles. The van der Waals surface area contributed by atoms with Crippen molar-refractivity contribution in [2.45, 2.75) is 32.5 Å². The molecule has 0 saturated carbocycles. The Kier molecular flexibility index (Phi) is 5.42. The summed E-state index contributed by atoms with van der Waals surface area (Å²) in [6, 6.07) is 0.